The van der Waals surface area contributed by atoms with Crippen molar-refractivity contribution in [2.24, 2.45) is 5.73 Å². The third-order valence-corrected chi connectivity index (χ3v) is 3.36. The molecule has 0 unspecified atom stereocenters. The van der Waals surface area contributed by atoms with Gasteiger partial charge in [0, 0.05) is 6.54 Å². The Balaban J connectivity index is 2.26. The maximum atomic E-state index is 6.48. The largest absolute Gasteiger partial charge is 0.319 e. The minimum atomic E-state index is -0.233. The highest BCUT2D eigenvalue weighted by molar-refractivity contribution is 5.05. The van der Waals surface area contributed by atoms with Crippen LogP contribution in [0.4, 0.5) is 0 Å². The molecule has 0 radical (unpaired) electrons. The zero-order chi connectivity index (χ0) is 10.7. The fraction of sp³-hybridized carbons (Fsp3) is 0.818. The summed E-state index contributed by atoms with van der Waals surface area (Å²) in [5, 5.41) is 4.21. The first-order valence-corrected chi connectivity index (χ1v) is 5.93. The molecule has 1 aromatic rings. The van der Waals surface area contributed by atoms with E-state index in [-0.39, 0.29) is 5.54 Å². The SMILES string of the molecule is CCn1ncnc1C1(N)CCCCCC1. The second kappa shape index (κ2) is 4.31. The summed E-state index contributed by atoms with van der Waals surface area (Å²) in [4.78, 5) is 4.35. The van der Waals surface area contributed by atoms with Gasteiger partial charge in [-0.25, -0.2) is 9.67 Å². The minimum absolute atomic E-state index is 0.233. The van der Waals surface area contributed by atoms with Crippen LogP contribution in [0.5, 0.6) is 0 Å². The standard InChI is InChI=1S/C11H20N4/c1-2-15-10(13-9-14-15)11(12)7-5-3-4-6-8-11/h9H,2-8,12H2,1H3. The number of aryl methyl sites for hydroxylation is 1. The normalized spacial score (nSPS) is 21.2. The summed E-state index contributed by atoms with van der Waals surface area (Å²) in [6, 6.07) is 0. The molecule has 2 rings (SSSR count). The molecule has 0 saturated heterocycles. The Morgan fingerprint density at radius 1 is 1.33 bits per heavy atom. The lowest BCUT2D eigenvalue weighted by atomic mass is 9.90. The van der Waals surface area contributed by atoms with Gasteiger partial charge in [-0.15, -0.1) is 0 Å². The van der Waals surface area contributed by atoms with Crippen molar-refractivity contribution in [2.45, 2.75) is 57.5 Å². The van der Waals surface area contributed by atoms with Crippen LogP contribution in [-0.2, 0) is 12.1 Å². The first kappa shape index (κ1) is 10.6. The summed E-state index contributed by atoms with van der Waals surface area (Å²) in [6.07, 6.45) is 8.76. The zero-order valence-electron chi connectivity index (χ0n) is 9.45. The molecule has 0 amide bonds. The molecule has 84 valence electrons. The Labute approximate surface area is 90.9 Å². The molecule has 0 bridgehead atoms. The molecule has 4 nitrogen and oxygen atoms in total. The molecule has 0 atom stereocenters. The molecule has 1 aliphatic rings. The van der Waals surface area contributed by atoms with Gasteiger partial charge in [-0.3, -0.25) is 0 Å². The Morgan fingerprint density at radius 3 is 2.60 bits per heavy atom. The topological polar surface area (TPSA) is 56.7 Å². The highest BCUT2D eigenvalue weighted by Crippen LogP contribution is 2.32. The summed E-state index contributed by atoms with van der Waals surface area (Å²) in [5.74, 6) is 0.979. The first-order chi connectivity index (χ1) is 7.26. The van der Waals surface area contributed by atoms with Crippen LogP contribution in [-0.4, -0.2) is 14.8 Å². The monoisotopic (exact) mass is 208 g/mol. The smallest absolute Gasteiger partial charge is 0.146 e. The maximum absolute atomic E-state index is 6.48. The van der Waals surface area contributed by atoms with E-state index in [1.807, 2.05) is 4.68 Å². The zero-order valence-corrected chi connectivity index (χ0v) is 9.45. The Morgan fingerprint density at radius 2 is 2.00 bits per heavy atom. The number of nitrogens with zero attached hydrogens (tertiary/aromatic N) is 3. The fourth-order valence-electron chi connectivity index (χ4n) is 2.46. The molecule has 1 aliphatic carbocycles. The van der Waals surface area contributed by atoms with Crippen molar-refractivity contribution in [3.63, 3.8) is 0 Å². The van der Waals surface area contributed by atoms with E-state index in [0.717, 1.165) is 25.2 Å². The van der Waals surface area contributed by atoms with Crippen molar-refractivity contribution < 1.29 is 0 Å². The minimum Gasteiger partial charge on any atom is -0.319 e. The maximum Gasteiger partial charge on any atom is 0.146 e. The van der Waals surface area contributed by atoms with Crippen molar-refractivity contribution in [1.82, 2.24) is 14.8 Å². The molecule has 2 N–H and O–H groups in total. The van der Waals surface area contributed by atoms with Crippen molar-refractivity contribution in [3.05, 3.63) is 12.2 Å². The van der Waals surface area contributed by atoms with Gasteiger partial charge in [0.2, 0.25) is 0 Å². The van der Waals surface area contributed by atoms with Gasteiger partial charge in [0.15, 0.2) is 0 Å². The van der Waals surface area contributed by atoms with Crippen LogP contribution >= 0.6 is 0 Å². The summed E-state index contributed by atoms with van der Waals surface area (Å²) in [6.45, 7) is 2.94. The molecular formula is C11H20N4. The van der Waals surface area contributed by atoms with Crippen molar-refractivity contribution in [2.75, 3.05) is 0 Å². The van der Waals surface area contributed by atoms with Crippen LogP contribution in [0.25, 0.3) is 0 Å². The van der Waals surface area contributed by atoms with Gasteiger partial charge in [-0.1, -0.05) is 25.7 Å². The number of nitrogens with two attached hydrogens (primary N) is 1. The van der Waals surface area contributed by atoms with Gasteiger partial charge in [-0.05, 0) is 19.8 Å². The Hall–Kier alpha value is -0.900. The number of hydrogen-bond donors (Lipinski definition) is 1. The molecular weight excluding hydrogens is 188 g/mol. The van der Waals surface area contributed by atoms with Crippen LogP contribution in [0.2, 0.25) is 0 Å². The van der Waals surface area contributed by atoms with E-state index >= 15 is 0 Å². The van der Waals surface area contributed by atoms with Crippen molar-refractivity contribution >= 4 is 0 Å². The van der Waals surface area contributed by atoms with Crippen molar-refractivity contribution in [1.29, 1.82) is 0 Å². The van der Waals surface area contributed by atoms with Gasteiger partial charge in [-0.2, -0.15) is 5.10 Å². The average molecular weight is 208 g/mol. The quantitative estimate of drug-likeness (QED) is 0.754. The van der Waals surface area contributed by atoms with Gasteiger partial charge in [0.25, 0.3) is 0 Å². The van der Waals surface area contributed by atoms with Crippen LogP contribution in [0.15, 0.2) is 6.33 Å². The van der Waals surface area contributed by atoms with Crippen molar-refractivity contribution in [3.8, 4) is 0 Å². The van der Waals surface area contributed by atoms with Crippen LogP contribution in [0, 0.1) is 0 Å². The molecule has 1 heterocycles. The number of hydrogen-bond acceptors (Lipinski definition) is 3. The summed E-state index contributed by atoms with van der Waals surface area (Å²) in [5.41, 5.74) is 6.24. The molecule has 0 aromatic carbocycles. The number of aromatic nitrogens is 3. The van der Waals surface area contributed by atoms with E-state index < -0.39 is 0 Å². The van der Waals surface area contributed by atoms with E-state index in [4.69, 9.17) is 5.73 Å². The summed E-state index contributed by atoms with van der Waals surface area (Å²) < 4.78 is 1.94. The predicted octanol–water partition coefficient (Wildman–Crippen LogP) is 1.81. The average Bonchev–Trinajstić information content (AvgIpc) is 2.62. The highest BCUT2D eigenvalue weighted by Gasteiger charge is 2.32. The third kappa shape index (κ3) is 2.04. The van der Waals surface area contributed by atoms with E-state index in [2.05, 4.69) is 17.0 Å². The summed E-state index contributed by atoms with van der Waals surface area (Å²) >= 11 is 0. The van der Waals surface area contributed by atoms with E-state index in [1.54, 1.807) is 6.33 Å². The molecule has 4 heteroatoms. The molecule has 1 aromatic heterocycles. The lowest BCUT2D eigenvalue weighted by molar-refractivity contribution is 0.342. The molecule has 15 heavy (non-hydrogen) atoms. The molecule has 1 fully saturated rings. The molecule has 0 aliphatic heterocycles. The highest BCUT2D eigenvalue weighted by atomic mass is 15.3. The fourth-order valence-corrected chi connectivity index (χ4v) is 2.46. The molecule has 0 spiro atoms. The molecule has 1 saturated carbocycles. The van der Waals surface area contributed by atoms with E-state index in [0.29, 0.717) is 0 Å². The Bertz CT molecular complexity index is 310. The van der Waals surface area contributed by atoms with E-state index in [9.17, 15) is 0 Å². The van der Waals surface area contributed by atoms with E-state index in [1.165, 1.54) is 25.7 Å². The van der Waals surface area contributed by atoms with Crippen LogP contribution in [0.3, 0.4) is 0 Å². The second-order valence-electron chi connectivity index (χ2n) is 4.47. The third-order valence-electron chi connectivity index (χ3n) is 3.36. The number of rotatable bonds is 2. The Kier molecular flexibility index (Phi) is 3.05. The first-order valence-electron chi connectivity index (χ1n) is 5.93. The lowest BCUT2D eigenvalue weighted by Crippen LogP contribution is -2.39. The van der Waals surface area contributed by atoms with Gasteiger partial charge < -0.3 is 5.73 Å². The van der Waals surface area contributed by atoms with Gasteiger partial charge in [0.1, 0.15) is 12.2 Å². The van der Waals surface area contributed by atoms with Gasteiger partial charge in [0.05, 0.1) is 5.54 Å². The lowest BCUT2D eigenvalue weighted by Gasteiger charge is -2.27. The van der Waals surface area contributed by atoms with Crippen LogP contribution in [0.1, 0.15) is 51.3 Å². The van der Waals surface area contributed by atoms with Gasteiger partial charge >= 0.3 is 0 Å². The van der Waals surface area contributed by atoms with Crippen LogP contribution < -0.4 is 5.73 Å². The second-order valence-corrected chi connectivity index (χ2v) is 4.47. The summed E-state index contributed by atoms with van der Waals surface area (Å²) in [7, 11) is 0. The predicted molar refractivity (Wildman–Crippen MR) is 59.3 cm³/mol.